The Morgan fingerprint density at radius 1 is 1.59 bits per heavy atom. The molecule has 0 fully saturated rings. The summed E-state index contributed by atoms with van der Waals surface area (Å²) in [5.41, 5.74) is 2.53. The number of esters is 1. The van der Waals surface area contributed by atoms with Crippen LogP contribution in [-0.2, 0) is 16.1 Å². The molecule has 4 nitrogen and oxygen atoms in total. The van der Waals surface area contributed by atoms with E-state index < -0.39 is 0 Å². The smallest absolute Gasteiger partial charge is 0.334 e. The van der Waals surface area contributed by atoms with E-state index in [9.17, 15) is 4.79 Å². The van der Waals surface area contributed by atoms with Crippen LogP contribution in [0.5, 0.6) is 0 Å². The van der Waals surface area contributed by atoms with E-state index >= 15 is 0 Å². The fourth-order valence-electron chi connectivity index (χ4n) is 1.34. The third kappa shape index (κ3) is 4.36. The predicted octanol–water partition coefficient (Wildman–Crippen LogP) is 1.60. The Hall–Kier alpha value is -1.68. The summed E-state index contributed by atoms with van der Waals surface area (Å²) in [5.74, 6) is -0.349. The van der Waals surface area contributed by atoms with E-state index in [0.717, 1.165) is 11.3 Å². The molecule has 1 N–H and O–H groups in total. The molecule has 1 aromatic heterocycles. The van der Waals surface area contributed by atoms with Crippen molar-refractivity contribution in [3.05, 3.63) is 41.7 Å². The van der Waals surface area contributed by atoms with Crippen molar-refractivity contribution in [1.82, 2.24) is 10.3 Å². The lowest BCUT2D eigenvalue weighted by Crippen LogP contribution is -2.22. The highest BCUT2D eigenvalue weighted by molar-refractivity contribution is 5.88. The minimum atomic E-state index is -0.349. The molecule has 1 rings (SSSR count). The molecule has 0 amide bonds. The number of hydrogen-bond donors (Lipinski definition) is 1. The average molecular weight is 234 g/mol. The van der Waals surface area contributed by atoms with E-state index in [0.29, 0.717) is 25.3 Å². The third-order valence-corrected chi connectivity index (χ3v) is 2.31. The lowest BCUT2D eigenvalue weighted by Gasteiger charge is -2.08. The molecule has 0 spiro atoms. The first-order valence-electron chi connectivity index (χ1n) is 5.61. The van der Waals surface area contributed by atoms with Gasteiger partial charge >= 0.3 is 5.97 Å². The van der Waals surface area contributed by atoms with Crippen LogP contribution in [0.15, 0.2) is 30.5 Å². The molecule has 0 unspecified atom stereocenters. The second kappa shape index (κ2) is 6.81. The van der Waals surface area contributed by atoms with Crippen LogP contribution in [-0.4, -0.2) is 24.1 Å². The zero-order valence-corrected chi connectivity index (χ0v) is 10.3. The highest BCUT2D eigenvalue weighted by Crippen LogP contribution is 2.02. The summed E-state index contributed by atoms with van der Waals surface area (Å²) in [6.45, 7) is 8.85. The number of rotatable bonds is 6. The van der Waals surface area contributed by atoms with Gasteiger partial charge < -0.3 is 10.1 Å². The fraction of sp³-hybridized carbons (Fsp3) is 0.385. The van der Waals surface area contributed by atoms with Gasteiger partial charge in [0.05, 0.1) is 12.3 Å². The SMILES string of the molecule is C=C(CNCc1ncccc1C)C(=O)OCC. The summed E-state index contributed by atoms with van der Waals surface area (Å²) in [5, 5.41) is 3.12. The zero-order chi connectivity index (χ0) is 12.7. The van der Waals surface area contributed by atoms with Gasteiger partial charge in [0.15, 0.2) is 0 Å². The second-order valence-electron chi connectivity index (χ2n) is 3.69. The third-order valence-electron chi connectivity index (χ3n) is 2.31. The molecule has 0 aromatic carbocycles. The van der Waals surface area contributed by atoms with Gasteiger partial charge in [-0.25, -0.2) is 4.79 Å². The summed E-state index contributed by atoms with van der Waals surface area (Å²) >= 11 is 0. The molecule has 92 valence electrons. The Morgan fingerprint density at radius 2 is 2.35 bits per heavy atom. The van der Waals surface area contributed by atoms with Crippen molar-refractivity contribution in [2.75, 3.05) is 13.2 Å². The van der Waals surface area contributed by atoms with Gasteiger partial charge in [0.1, 0.15) is 0 Å². The van der Waals surface area contributed by atoms with Gasteiger partial charge in [-0.15, -0.1) is 0 Å². The van der Waals surface area contributed by atoms with Gasteiger partial charge in [-0.1, -0.05) is 12.6 Å². The number of nitrogens with zero attached hydrogens (tertiary/aromatic N) is 1. The summed E-state index contributed by atoms with van der Waals surface area (Å²) in [6, 6.07) is 3.90. The molecule has 0 saturated carbocycles. The van der Waals surface area contributed by atoms with Gasteiger partial charge in [0, 0.05) is 24.9 Å². The van der Waals surface area contributed by atoms with Crippen molar-refractivity contribution >= 4 is 5.97 Å². The van der Waals surface area contributed by atoms with Crippen molar-refractivity contribution in [3.8, 4) is 0 Å². The van der Waals surface area contributed by atoms with Crippen molar-refractivity contribution in [1.29, 1.82) is 0 Å². The minimum Gasteiger partial charge on any atom is -0.463 e. The fourth-order valence-corrected chi connectivity index (χ4v) is 1.34. The van der Waals surface area contributed by atoms with E-state index in [-0.39, 0.29) is 5.97 Å². The number of carbonyl (C=O) groups is 1. The molecule has 17 heavy (non-hydrogen) atoms. The predicted molar refractivity (Wildman–Crippen MR) is 66.5 cm³/mol. The molecule has 4 heteroatoms. The lowest BCUT2D eigenvalue weighted by molar-refractivity contribution is -0.138. The highest BCUT2D eigenvalue weighted by Gasteiger charge is 2.07. The quantitative estimate of drug-likeness (QED) is 0.600. The molecule has 0 aliphatic rings. The van der Waals surface area contributed by atoms with Gasteiger partial charge in [-0.2, -0.15) is 0 Å². The largest absolute Gasteiger partial charge is 0.463 e. The summed E-state index contributed by atoms with van der Waals surface area (Å²) in [7, 11) is 0. The summed E-state index contributed by atoms with van der Waals surface area (Å²) in [6.07, 6.45) is 1.75. The van der Waals surface area contributed by atoms with E-state index in [2.05, 4.69) is 16.9 Å². The number of carbonyl (C=O) groups excluding carboxylic acids is 1. The second-order valence-corrected chi connectivity index (χ2v) is 3.69. The van der Waals surface area contributed by atoms with Crippen LogP contribution in [0.4, 0.5) is 0 Å². The van der Waals surface area contributed by atoms with Crippen LogP contribution in [0.1, 0.15) is 18.2 Å². The van der Waals surface area contributed by atoms with Crippen LogP contribution in [0.2, 0.25) is 0 Å². The van der Waals surface area contributed by atoms with E-state index in [1.807, 2.05) is 19.1 Å². The first kappa shape index (κ1) is 13.4. The van der Waals surface area contributed by atoms with E-state index in [4.69, 9.17) is 4.74 Å². The standard InChI is InChI=1S/C13H18N2O2/c1-4-17-13(16)11(3)8-14-9-12-10(2)6-5-7-15-12/h5-7,14H,3-4,8-9H2,1-2H3. The maximum Gasteiger partial charge on any atom is 0.334 e. The molecule has 1 aromatic rings. The topological polar surface area (TPSA) is 51.2 Å². The minimum absolute atomic E-state index is 0.349. The number of ether oxygens (including phenoxy) is 1. The van der Waals surface area contributed by atoms with Crippen molar-refractivity contribution in [2.24, 2.45) is 0 Å². The Labute approximate surface area is 102 Å². The molecule has 0 aliphatic heterocycles. The molecule has 0 aliphatic carbocycles. The molecule has 0 bridgehead atoms. The number of aryl methyl sites for hydroxylation is 1. The maximum atomic E-state index is 11.3. The van der Waals surface area contributed by atoms with Crippen LogP contribution in [0.3, 0.4) is 0 Å². The van der Waals surface area contributed by atoms with Gasteiger partial charge in [-0.3, -0.25) is 4.98 Å². The number of nitrogens with one attached hydrogen (secondary N) is 1. The Morgan fingerprint density at radius 3 is 3.00 bits per heavy atom. The van der Waals surface area contributed by atoms with Gasteiger partial charge in [0.2, 0.25) is 0 Å². The van der Waals surface area contributed by atoms with Gasteiger partial charge in [0.25, 0.3) is 0 Å². The molecular weight excluding hydrogens is 216 g/mol. The Bertz CT molecular complexity index is 402. The van der Waals surface area contributed by atoms with E-state index in [1.54, 1.807) is 13.1 Å². The number of pyridine rings is 1. The van der Waals surface area contributed by atoms with E-state index in [1.165, 1.54) is 0 Å². The number of aromatic nitrogens is 1. The normalized spacial score (nSPS) is 10.0. The first-order chi connectivity index (χ1) is 8.15. The summed E-state index contributed by atoms with van der Waals surface area (Å²) < 4.78 is 4.84. The maximum absolute atomic E-state index is 11.3. The van der Waals surface area contributed by atoms with Crippen LogP contribution >= 0.6 is 0 Å². The Balaban J connectivity index is 2.36. The van der Waals surface area contributed by atoms with Crippen LogP contribution in [0, 0.1) is 6.92 Å². The first-order valence-corrected chi connectivity index (χ1v) is 5.61. The zero-order valence-electron chi connectivity index (χ0n) is 10.3. The van der Waals surface area contributed by atoms with Crippen molar-refractivity contribution in [2.45, 2.75) is 20.4 Å². The number of hydrogen-bond acceptors (Lipinski definition) is 4. The molecule has 0 atom stereocenters. The molecular formula is C13H18N2O2. The van der Waals surface area contributed by atoms with Crippen molar-refractivity contribution in [3.63, 3.8) is 0 Å². The van der Waals surface area contributed by atoms with Crippen LogP contribution in [0.25, 0.3) is 0 Å². The Kier molecular flexibility index (Phi) is 5.36. The summed E-state index contributed by atoms with van der Waals surface area (Å²) in [4.78, 5) is 15.5. The highest BCUT2D eigenvalue weighted by atomic mass is 16.5. The lowest BCUT2D eigenvalue weighted by atomic mass is 10.2. The van der Waals surface area contributed by atoms with Gasteiger partial charge in [-0.05, 0) is 25.5 Å². The van der Waals surface area contributed by atoms with Crippen LogP contribution < -0.4 is 5.32 Å². The monoisotopic (exact) mass is 234 g/mol. The average Bonchev–Trinajstić information content (AvgIpc) is 2.31. The molecule has 1 heterocycles. The molecule has 0 radical (unpaired) electrons. The van der Waals surface area contributed by atoms with Crippen molar-refractivity contribution < 1.29 is 9.53 Å². The molecule has 0 saturated heterocycles.